The van der Waals surface area contributed by atoms with E-state index in [0.29, 0.717) is 18.3 Å². The molecule has 21 heavy (non-hydrogen) atoms. The molecule has 0 radical (unpaired) electrons. The molecule has 0 bridgehead atoms. The molecule has 1 saturated heterocycles. The number of hydrogen-bond acceptors (Lipinski definition) is 5. The van der Waals surface area contributed by atoms with E-state index in [1.54, 1.807) is 6.07 Å². The topological polar surface area (TPSA) is 78.6 Å². The Kier molecular flexibility index (Phi) is 4.68. The molecule has 1 aliphatic rings. The molecular weight excluding hydrogens is 270 g/mol. The highest BCUT2D eigenvalue weighted by molar-refractivity contribution is 5.91. The molecule has 118 valence electrons. The van der Waals surface area contributed by atoms with Gasteiger partial charge in [-0.25, -0.2) is 0 Å². The molecule has 0 saturated carbocycles. The number of aliphatic hydroxyl groups is 1. The number of hydrogen-bond donors (Lipinski definition) is 2. The van der Waals surface area contributed by atoms with Crippen molar-refractivity contribution in [1.29, 1.82) is 0 Å². The molecule has 1 aliphatic heterocycles. The maximum Gasteiger partial charge on any atom is 0.240 e. The van der Waals surface area contributed by atoms with Crippen LogP contribution in [0.2, 0.25) is 0 Å². The highest BCUT2D eigenvalue weighted by Crippen LogP contribution is 2.23. The van der Waals surface area contributed by atoms with Gasteiger partial charge in [0, 0.05) is 18.0 Å². The van der Waals surface area contributed by atoms with Crippen LogP contribution in [-0.2, 0) is 10.2 Å². The molecule has 2 unspecified atom stereocenters. The summed E-state index contributed by atoms with van der Waals surface area (Å²) in [4.78, 5) is 14.0. The fourth-order valence-electron chi connectivity index (χ4n) is 2.33. The molecule has 1 aromatic rings. The SMILES string of the molecule is CC1CCN(CC(=O)Nc2cc(C(C)(C)C)no2)CC1O. The number of nitrogens with zero attached hydrogens (tertiary/aromatic N) is 2. The highest BCUT2D eigenvalue weighted by atomic mass is 16.5. The number of rotatable bonds is 3. The van der Waals surface area contributed by atoms with Crippen LogP contribution in [0.4, 0.5) is 5.88 Å². The third-order valence-electron chi connectivity index (χ3n) is 3.91. The summed E-state index contributed by atoms with van der Waals surface area (Å²) in [6, 6.07) is 1.75. The minimum atomic E-state index is -0.357. The predicted molar refractivity (Wildman–Crippen MR) is 80.1 cm³/mol. The first kappa shape index (κ1) is 16.0. The number of likely N-dealkylation sites (tertiary alicyclic amines) is 1. The summed E-state index contributed by atoms with van der Waals surface area (Å²) in [5, 5.41) is 16.5. The van der Waals surface area contributed by atoms with Gasteiger partial charge in [0.2, 0.25) is 11.8 Å². The average molecular weight is 295 g/mol. The monoisotopic (exact) mass is 295 g/mol. The normalized spacial score (nSPS) is 24.0. The van der Waals surface area contributed by atoms with Crippen LogP contribution in [0.5, 0.6) is 0 Å². The largest absolute Gasteiger partial charge is 0.392 e. The zero-order valence-electron chi connectivity index (χ0n) is 13.2. The molecule has 2 rings (SSSR count). The minimum Gasteiger partial charge on any atom is -0.392 e. The molecule has 1 aromatic heterocycles. The zero-order valence-corrected chi connectivity index (χ0v) is 13.2. The standard InChI is InChI=1S/C15H25N3O3/c1-10-5-6-18(8-11(10)19)9-13(20)16-14-7-12(17-21-14)15(2,3)4/h7,10-11,19H,5-6,8-9H2,1-4H3,(H,16,20). The maximum atomic E-state index is 12.0. The van der Waals surface area contributed by atoms with Crippen molar-refractivity contribution in [1.82, 2.24) is 10.1 Å². The number of aromatic nitrogens is 1. The lowest BCUT2D eigenvalue weighted by Gasteiger charge is -2.33. The highest BCUT2D eigenvalue weighted by Gasteiger charge is 2.26. The molecule has 6 heteroatoms. The second-order valence-electron chi connectivity index (χ2n) is 6.94. The van der Waals surface area contributed by atoms with Crippen LogP contribution in [0.25, 0.3) is 0 Å². The molecule has 0 aliphatic carbocycles. The predicted octanol–water partition coefficient (Wildman–Crippen LogP) is 1.61. The smallest absolute Gasteiger partial charge is 0.240 e. The van der Waals surface area contributed by atoms with Crippen molar-refractivity contribution in [2.45, 2.75) is 45.6 Å². The van der Waals surface area contributed by atoms with Gasteiger partial charge in [0.25, 0.3) is 0 Å². The number of aliphatic hydroxyl groups excluding tert-OH is 1. The summed E-state index contributed by atoms with van der Waals surface area (Å²) >= 11 is 0. The summed E-state index contributed by atoms with van der Waals surface area (Å²) in [5.41, 5.74) is 0.694. The molecule has 2 heterocycles. The van der Waals surface area contributed by atoms with Crippen LogP contribution >= 0.6 is 0 Å². The van der Waals surface area contributed by atoms with E-state index in [0.717, 1.165) is 18.7 Å². The van der Waals surface area contributed by atoms with Crippen molar-refractivity contribution in [3.05, 3.63) is 11.8 Å². The Hall–Kier alpha value is -1.40. The third kappa shape index (κ3) is 4.28. The number of carbonyl (C=O) groups excluding carboxylic acids is 1. The van der Waals surface area contributed by atoms with Crippen molar-refractivity contribution >= 4 is 11.8 Å². The maximum absolute atomic E-state index is 12.0. The molecule has 1 amide bonds. The van der Waals surface area contributed by atoms with E-state index in [9.17, 15) is 9.90 Å². The number of nitrogens with one attached hydrogen (secondary N) is 1. The Morgan fingerprint density at radius 1 is 1.57 bits per heavy atom. The molecule has 1 fully saturated rings. The summed E-state index contributed by atoms with van der Waals surface area (Å²) in [6.07, 6.45) is 0.551. The van der Waals surface area contributed by atoms with E-state index in [1.807, 2.05) is 32.6 Å². The summed E-state index contributed by atoms with van der Waals surface area (Å²) < 4.78 is 5.14. The van der Waals surface area contributed by atoms with Gasteiger partial charge < -0.3 is 9.63 Å². The minimum absolute atomic E-state index is 0.112. The molecule has 2 atom stereocenters. The lowest BCUT2D eigenvalue weighted by Crippen LogP contribution is -2.45. The van der Waals surface area contributed by atoms with Crippen molar-refractivity contribution < 1.29 is 14.4 Å². The van der Waals surface area contributed by atoms with E-state index in [-0.39, 0.29) is 24.0 Å². The second kappa shape index (κ2) is 6.15. The summed E-state index contributed by atoms with van der Waals surface area (Å²) in [7, 11) is 0. The van der Waals surface area contributed by atoms with Crippen molar-refractivity contribution in [2.24, 2.45) is 5.92 Å². The first-order valence-corrected chi connectivity index (χ1v) is 7.43. The van der Waals surface area contributed by atoms with Crippen molar-refractivity contribution in [2.75, 3.05) is 25.0 Å². The fourth-order valence-corrected chi connectivity index (χ4v) is 2.33. The Bertz CT molecular complexity index is 493. The number of β-amino-alcohol motifs (C(OH)–C–C–N with tert-alkyl or cyclic N) is 1. The van der Waals surface area contributed by atoms with Gasteiger partial charge in [-0.2, -0.15) is 0 Å². The van der Waals surface area contributed by atoms with Gasteiger partial charge in [-0.3, -0.25) is 15.0 Å². The first-order valence-electron chi connectivity index (χ1n) is 7.43. The Morgan fingerprint density at radius 3 is 2.86 bits per heavy atom. The average Bonchev–Trinajstić information content (AvgIpc) is 2.82. The quantitative estimate of drug-likeness (QED) is 0.886. The van der Waals surface area contributed by atoms with E-state index in [4.69, 9.17) is 4.52 Å². The van der Waals surface area contributed by atoms with E-state index in [1.165, 1.54) is 0 Å². The van der Waals surface area contributed by atoms with E-state index in [2.05, 4.69) is 10.5 Å². The molecule has 0 spiro atoms. The lowest BCUT2D eigenvalue weighted by atomic mass is 9.92. The van der Waals surface area contributed by atoms with Crippen molar-refractivity contribution in [3.63, 3.8) is 0 Å². The van der Waals surface area contributed by atoms with Crippen molar-refractivity contribution in [3.8, 4) is 0 Å². The van der Waals surface area contributed by atoms with Gasteiger partial charge in [0.15, 0.2) is 0 Å². The van der Waals surface area contributed by atoms with Gasteiger partial charge in [-0.1, -0.05) is 32.9 Å². The molecule has 0 aromatic carbocycles. The number of piperidine rings is 1. The van der Waals surface area contributed by atoms with Gasteiger partial charge in [0.1, 0.15) is 0 Å². The second-order valence-corrected chi connectivity index (χ2v) is 6.94. The van der Waals surface area contributed by atoms with Gasteiger partial charge in [-0.15, -0.1) is 0 Å². The van der Waals surface area contributed by atoms with Gasteiger partial charge in [0.05, 0.1) is 18.3 Å². The molecular formula is C15H25N3O3. The zero-order chi connectivity index (χ0) is 15.6. The van der Waals surface area contributed by atoms with Crippen LogP contribution < -0.4 is 5.32 Å². The van der Waals surface area contributed by atoms with Crippen LogP contribution in [0.3, 0.4) is 0 Å². The molecule has 6 nitrogen and oxygen atoms in total. The Labute approximate surface area is 125 Å². The lowest BCUT2D eigenvalue weighted by molar-refractivity contribution is -0.118. The fraction of sp³-hybridized carbons (Fsp3) is 0.733. The number of amides is 1. The number of anilines is 1. The summed E-state index contributed by atoms with van der Waals surface area (Å²) in [5.74, 6) is 0.525. The van der Waals surface area contributed by atoms with Crippen LogP contribution in [-0.4, -0.2) is 46.8 Å². The molecule has 2 N–H and O–H groups in total. The van der Waals surface area contributed by atoms with Crippen LogP contribution in [0, 0.1) is 5.92 Å². The van der Waals surface area contributed by atoms with E-state index >= 15 is 0 Å². The van der Waals surface area contributed by atoms with Gasteiger partial charge >= 0.3 is 0 Å². The Morgan fingerprint density at radius 2 is 2.29 bits per heavy atom. The Balaban J connectivity index is 1.86. The van der Waals surface area contributed by atoms with E-state index < -0.39 is 0 Å². The summed E-state index contributed by atoms with van der Waals surface area (Å²) in [6.45, 7) is 9.76. The van der Waals surface area contributed by atoms with Crippen LogP contribution in [0.15, 0.2) is 10.6 Å². The van der Waals surface area contributed by atoms with Crippen LogP contribution in [0.1, 0.15) is 39.8 Å². The third-order valence-corrected chi connectivity index (χ3v) is 3.91. The first-order chi connectivity index (χ1) is 9.75. The number of carbonyl (C=O) groups is 1. The van der Waals surface area contributed by atoms with Gasteiger partial charge in [-0.05, 0) is 18.9 Å².